The highest BCUT2D eigenvalue weighted by Crippen LogP contribution is 2.23. The van der Waals surface area contributed by atoms with Crippen molar-refractivity contribution in [3.8, 4) is 0 Å². The van der Waals surface area contributed by atoms with Crippen molar-refractivity contribution in [2.24, 2.45) is 5.92 Å². The Hall–Kier alpha value is -2.89. The van der Waals surface area contributed by atoms with E-state index in [0.29, 0.717) is 12.2 Å². The van der Waals surface area contributed by atoms with Gasteiger partial charge in [-0.15, -0.1) is 0 Å². The summed E-state index contributed by atoms with van der Waals surface area (Å²) in [7, 11) is 0. The number of benzene rings is 1. The largest absolute Gasteiger partial charge is 0.361 e. The number of nitrogens with zero attached hydrogens (tertiary/aromatic N) is 3. The molecule has 0 radical (unpaired) electrons. The summed E-state index contributed by atoms with van der Waals surface area (Å²) in [5.74, 6) is 2.13. The van der Waals surface area contributed by atoms with Crippen LogP contribution in [0.25, 0.3) is 10.9 Å². The van der Waals surface area contributed by atoms with Crippen LogP contribution in [0, 0.1) is 5.92 Å². The standard InChI is InChI=1S/C20H23N5O/c1-14-6-8-25(9-7-14)19-11-18(22-13-23-19)24-20(26)10-15-12-21-17-5-3-2-4-16(15)17/h2-5,11-14,21H,6-10H2,1H3,(H,22,23,24,26). The third-order valence-electron chi connectivity index (χ3n) is 5.05. The fraction of sp³-hybridized carbons (Fsp3) is 0.350. The second kappa shape index (κ2) is 7.15. The van der Waals surface area contributed by atoms with E-state index in [9.17, 15) is 4.79 Å². The molecule has 3 heterocycles. The third kappa shape index (κ3) is 3.54. The van der Waals surface area contributed by atoms with Gasteiger partial charge in [0.15, 0.2) is 0 Å². The Morgan fingerprint density at radius 3 is 2.92 bits per heavy atom. The summed E-state index contributed by atoms with van der Waals surface area (Å²) >= 11 is 0. The zero-order chi connectivity index (χ0) is 17.9. The number of para-hydroxylation sites is 1. The van der Waals surface area contributed by atoms with Crippen molar-refractivity contribution in [2.75, 3.05) is 23.3 Å². The van der Waals surface area contributed by atoms with Gasteiger partial charge in [0.1, 0.15) is 18.0 Å². The Balaban J connectivity index is 1.43. The number of carbonyl (C=O) groups is 1. The first-order chi connectivity index (χ1) is 12.7. The van der Waals surface area contributed by atoms with Gasteiger partial charge in [-0.1, -0.05) is 25.1 Å². The van der Waals surface area contributed by atoms with Crippen LogP contribution in [-0.4, -0.2) is 33.9 Å². The lowest BCUT2D eigenvalue weighted by molar-refractivity contribution is -0.115. The van der Waals surface area contributed by atoms with Crippen LogP contribution in [0.15, 0.2) is 42.9 Å². The number of piperidine rings is 1. The number of nitrogens with one attached hydrogen (secondary N) is 2. The average Bonchev–Trinajstić information content (AvgIpc) is 3.05. The van der Waals surface area contributed by atoms with E-state index in [1.807, 2.05) is 36.5 Å². The SMILES string of the molecule is CC1CCN(c2cc(NC(=O)Cc3c[nH]c4ccccc34)ncn2)CC1. The summed E-state index contributed by atoms with van der Waals surface area (Å²) in [6.45, 7) is 4.29. The number of amides is 1. The fourth-order valence-corrected chi connectivity index (χ4v) is 3.46. The van der Waals surface area contributed by atoms with Gasteiger partial charge in [0.05, 0.1) is 6.42 Å². The van der Waals surface area contributed by atoms with E-state index in [2.05, 4.69) is 32.1 Å². The smallest absolute Gasteiger partial charge is 0.230 e. The van der Waals surface area contributed by atoms with Crippen LogP contribution >= 0.6 is 0 Å². The molecule has 0 unspecified atom stereocenters. The van der Waals surface area contributed by atoms with Crippen molar-refractivity contribution in [3.63, 3.8) is 0 Å². The Labute approximate surface area is 152 Å². The second-order valence-corrected chi connectivity index (χ2v) is 7.02. The van der Waals surface area contributed by atoms with Gasteiger partial charge in [0.25, 0.3) is 0 Å². The van der Waals surface area contributed by atoms with E-state index in [1.165, 1.54) is 19.2 Å². The highest BCUT2D eigenvalue weighted by molar-refractivity contribution is 5.95. The number of anilines is 2. The Kier molecular flexibility index (Phi) is 4.56. The van der Waals surface area contributed by atoms with E-state index in [0.717, 1.165) is 41.3 Å². The third-order valence-corrected chi connectivity index (χ3v) is 5.05. The van der Waals surface area contributed by atoms with Crippen LogP contribution in [0.4, 0.5) is 11.6 Å². The molecule has 134 valence electrons. The first-order valence-corrected chi connectivity index (χ1v) is 9.11. The summed E-state index contributed by atoms with van der Waals surface area (Å²) in [5.41, 5.74) is 2.02. The summed E-state index contributed by atoms with van der Waals surface area (Å²) in [6.07, 6.45) is 6.07. The molecule has 1 aliphatic rings. The minimum absolute atomic E-state index is 0.0772. The number of hydrogen-bond donors (Lipinski definition) is 2. The highest BCUT2D eigenvalue weighted by Gasteiger charge is 2.18. The summed E-state index contributed by atoms with van der Waals surface area (Å²) in [4.78, 5) is 26.5. The number of aromatic nitrogens is 3. The Morgan fingerprint density at radius 1 is 1.27 bits per heavy atom. The molecule has 1 fully saturated rings. The number of fused-ring (bicyclic) bond motifs is 1. The molecule has 1 saturated heterocycles. The number of hydrogen-bond acceptors (Lipinski definition) is 4. The molecular formula is C20H23N5O. The molecule has 3 aromatic rings. The normalized spacial score (nSPS) is 15.3. The van der Waals surface area contributed by atoms with Crippen LogP contribution in [0.2, 0.25) is 0 Å². The minimum atomic E-state index is -0.0772. The van der Waals surface area contributed by atoms with Crippen LogP contribution in [0.3, 0.4) is 0 Å². The molecule has 1 aliphatic heterocycles. The van der Waals surface area contributed by atoms with Gasteiger partial charge < -0.3 is 15.2 Å². The molecule has 0 aliphatic carbocycles. The minimum Gasteiger partial charge on any atom is -0.361 e. The van der Waals surface area contributed by atoms with Crippen molar-refractivity contribution in [3.05, 3.63) is 48.4 Å². The maximum Gasteiger partial charge on any atom is 0.230 e. The van der Waals surface area contributed by atoms with Crippen molar-refractivity contribution >= 4 is 28.4 Å². The lowest BCUT2D eigenvalue weighted by Crippen LogP contribution is -2.33. The van der Waals surface area contributed by atoms with Crippen LogP contribution < -0.4 is 10.2 Å². The number of H-pyrrole nitrogens is 1. The summed E-state index contributed by atoms with van der Waals surface area (Å²) in [5, 5.41) is 3.98. The molecule has 6 heteroatoms. The lowest BCUT2D eigenvalue weighted by Gasteiger charge is -2.31. The molecule has 4 rings (SSSR count). The second-order valence-electron chi connectivity index (χ2n) is 7.02. The van der Waals surface area contributed by atoms with Crippen molar-refractivity contribution in [1.29, 1.82) is 0 Å². The quantitative estimate of drug-likeness (QED) is 0.757. The van der Waals surface area contributed by atoms with Crippen LogP contribution in [0.1, 0.15) is 25.3 Å². The zero-order valence-corrected chi connectivity index (χ0v) is 14.9. The number of aromatic amines is 1. The van der Waals surface area contributed by atoms with Gasteiger partial charge in [0.2, 0.25) is 5.91 Å². The van der Waals surface area contributed by atoms with Gasteiger partial charge in [-0.05, 0) is 30.4 Å². The van der Waals surface area contributed by atoms with E-state index >= 15 is 0 Å². The monoisotopic (exact) mass is 349 g/mol. The van der Waals surface area contributed by atoms with Crippen LogP contribution in [0.5, 0.6) is 0 Å². The van der Waals surface area contributed by atoms with E-state index < -0.39 is 0 Å². The van der Waals surface area contributed by atoms with Crippen molar-refractivity contribution < 1.29 is 4.79 Å². The van der Waals surface area contributed by atoms with E-state index in [-0.39, 0.29) is 5.91 Å². The Morgan fingerprint density at radius 2 is 2.08 bits per heavy atom. The highest BCUT2D eigenvalue weighted by atomic mass is 16.1. The van der Waals surface area contributed by atoms with Gasteiger partial charge in [0, 0.05) is 36.3 Å². The average molecular weight is 349 g/mol. The molecule has 0 saturated carbocycles. The van der Waals surface area contributed by atoms with Gasteiger partial charge >= 0.3 is 0 Å². The molecule has 1 aromatic carbocycles. The molecule has 6 nitrogen and oxygen atoms in total. The predicted molar refractivity (Wildman–Crippen MR) is 103 cm³/mol. The maximum atomic E-state index is 12.5. The molecule has 0 spiro atoms. The molecular weight excluding hydrogens is 326 g/mol. The van der Waals surface area contributed by atoms with E-state index in [4.69, 9.17) is 0 Å². The van der Waals surface area contributed by atoms with Crippen molar-refractivity contribution in [1.82, 2.24) is 15.0 Å². The van der Waals surface area contributed by atoms with Crippen molar-refractivity contribution in [2.45, 2.75) is 26.2 Å². The first-order valence-electron chi connectivity index (χ1n) is 9.11. The Bertz CT molecular complexity index is 911. The molecule has 0 bridgehead atoms. The van der Waals surface area contributed by atoms with E-state index in [1.54, 1.807) is 0 Å². The zero-order valence-electron chi connectivity index (χ0n) is 14.9. The van der Waals surface area contributed by atoms with Gasteiger partial charge in [-0.25, -0.2) is 9.97 Å². The lowest BCUT2D eigenvalue weighted by atomic mass is 9.99. The van der Waals surface area contributed by atoms with Gasteiger partial charge in [-0.3, -0.25) is 4.79 Å². The molecule has 0 atom stereocenters. The van der Waals surface area contributed by atoms with Gasteiger partial charge in [-0.2, -0.15) is 0 Å². The topological polar surface area (TPSA) is 73.9 Å². The fourth-order valence-electron chi connectivity index (χ4n) is 3.46. The molecule has 1 amide bonds. The maximum absolute atomic E-state index is 12.5. The number of rotatable bonds is 4. The molecule has 2 aromatic heterocycles. The first kappa shape index (κ1) is 16.6. The van der Waals surface area contributed by atoms with Crippen LogP contribution in [-0.2, 0) is 11.2 Å². The summed E-state index contributed by atoms with van der Waals surface area (Å²) < 4.78 is 0. The predicted octanol–water partition coefficient (Wildman–Crippen LogP) is 3.38. The number of carbonyl (C=O) groups excluding carboxylic acids is 1. The molecule has 26 heavy (non-hydrogen) atoms. The summed E-state index contributed by atoms with van der Waals surface area (Å²) in [6, 6.07) is 9.85. The molecule has 2 N–H and O–H groups in total.